The highest BCUT2D eigenvalue weighted by molar-refractivity contribution is 5.90. The van der Waals surface area contributed by atoms with Gasteiger partial charge in [0.15, 0.2) is 0 Å². The molecule has 0 spiro atoms. The number of hydrogen-bond donors (Lipinski definition) is 1. The molecule has 134 valence electrons. The van der Waals surface area contributed by atoms with Gasteiger partial charge in [-0.25, -0.2) is 14.8 Å². The second-order valence-electron chi connectivity index (χ2n) is 6.95. The maximum absolute atomic E-state index is 12.8. The molecule has 0 aromatic carbocycles. The van der Waals surface area contributed by atoms with Gasteiger partial charge in [0, 0.05) is 44.6 Å². The van der Waals surface area contributed by atoms with E-state index < -0.39 is 6.04 Å². The van der Waals surface area contributed by atoms with Crippen LogP contribution in [0.15, 0.2) is 18.5 Å². The zero-order valence-electron chi connectivity index (χ0n) is 14.3. The highest BCUT2D eigenvalue weighted by Gasteiger charge is 2.40. The Morgan fingerprint density at radius 3 is 2.44 bits per heavy atom. The lowest BCUT2D eigenvalue weighted by Crippen LogP contribution is -2.54. The first-order valence-electron chi connectivity index (χ1n) is 9.10. The standard InChI is InChI=1S/C17H24N6O2/c24-15(14-12-23(17(25)20-14)13-4-1-2-5-13)21-8-10-22(11-9-21)16-18-6-3-7-19-16/h3,6-7,13-14H,1-2,4-5,8-12H2,(H,20,25). The quantitative estimate of drug-likeness (QED) is 0.862. The van der Waals surface area contributed by atoms with Crippen LogP contribution in [0.3, 0.4) is 0 Å². The van der Waals surface area contributed by atoms with Gasteiger partial charge in [-0.1, -0.05) is 12.8 Å². The molecule has 1 N–H and O–H groups in total. The minimum Gasteiger partial charge on any atom is -0.337 e. The molecule has 8 heteroatoms. The van der Waals surface area contributed by atoms with Crippen LogP contribution < -0.4 is 10.2 Å². The van der Waals surface area contributed by atoms with Crippen molar-refractivity contribution in [3.8, 4) is 0 Å². The molecule has 3 amide bonds. The first-order valence-corrected chi connectivity index (χ1v) is 9.10. The fraction of sp³-hybridized carbons (Fsp3) is 0.647. The molecule has 2 aliphatic heterocycles. The van der Waals surface area contributed by atoms with E-state index in [2.05, 4.69) is 20.2 Å². The van der Waals surface area contributed by atoms with Crippen LogP contribution in [0.25, 0.3) is 0 Å². The second kappa shape index (κ2) is 6.85. The summed E-state index contributed by atoms with van der Waals surface area (Å²) in [6.45, 7) is 3.19. The minimum atomic E-state index is -0.410. The SMILES string of the molecule is O=C(C1CN(C2CCCC2)C(=O)N1)N1CCN(c2ncccn2)CC1. The van der Waals surface area contributed by atoms with Crippen molar-refractivity contribution in [3.05, 3.63) is 18.5 Å². The van der Waals surface area contributed by atoms with Crippen molar-refractivity contribution in [2.75, 3.05) is 37.6 Å². The summed E-state index contributed by atoms with van der Waals surface area (Å²) >= 11 is 0. The first kappa shape index (κ1) is 16.1. The molecule has 1 unspecified atom stereocenters. The zero-order chi connectivity index (χ0) is 17.2. The van der Waals surface area contributed by atoms with Gasteiger partial charge in [-0.15, -0.1) is 0 Å². The predicted octanol–water partition coefficient (Wildman–Crippen LogP) is 0.462. The van der Waals surface area contributed by atoms with Crippen LogP contribution in [-0.2, 0) is 4.79 Å². The molecule has 1 aromatic heterocycles. The van der Waals surface area contributed by atoms with E-state index >= 15 is 0 Å². The molecular formula is C17H24N6O2. The molecule has 0 bridgehead atoms. The van der Waals surface area contributed by atoms with E-state index in [-0.39, 0.29) is 11.9 Å². The summed E-state index contributed by atoms with van der Waals surface area (Å²) in [5, 5.41) is 2.88. The predicted molar refractivity (Wildman–Crippen MR) is 92.1 cm³/mol. The van der Waals surface area contributed by atoms with Gasteiger partial charge in [-0.2, -0.15) is 0 Å². The van der Waals surface area contributed by atoms with E-state index in [0.29, 0.717) is 44.7 Å². The summed E-state index contributed by atoms with van der Waals surface area (Å²) in [5.74, 6) is 0.735. The smallest absolute Gasteiger partial charge is 0.318 e. The zero-order valence-corrected chi connectivity index (χ0v) is 14.3. The van der Waals surface area contributed by atoms with E-state index in [1.54, 1.807) is 18.5 Å². The number of carbonyl (C=O) groups is 2. The number of anilines is 1. The molecule has 1 saturated carbocycles. The average Bonchev–Trinajstić information content (AvgIpc) is 3.31. The van der Waals surface area contributed by atoms with Crippen molar-refractivity contribution in [1.29, 1.82) is 0 Å². The molecular weight excluding hydrogens is 320 g/mol. The molecule has 3 fully saturated rings. The Hall–Kier alpha value is -2.38. The van der Waals surface area contributed by atoms with Gasteiger partial charge in [-0.3, -0.25) is 4.79 Å². The summed E-state index contributed by atoms with van der Waals surface area (Å²) < 4.78 is 0. The van der Waals surface area contributed by atoms with Gasteiger partial charge in [0.2, 0.25) is 11.9 Å². The summed E-state index contributed by atoms with van der Waals surface area (Å²) in [6.07, 6.45) is 7.93. The number of amides is 3. The summed E-state index contributed by atoms with van der Waals surface area (Å²) in [7, 11) is 0. The van der Waals surface area contributed by atoms with Crippen molar-refractivity contribution in [2.24, 2.45) is 0 Å². The Bertz CT molecular complexity index is 625. The number of hydrogen-bond acceptors (Lipinski definition) is 5. The van der Waals surface area contributed by atoms with Crippen LogP contribution >= 0.6 is 0 Å². The molecule has 0 radical (unpaired) electrons. The average molecular weight is 344 g/mol. The van der Waals surface area contributed by atoms with Crippen LogP contribution in [0.2, 0.25) is 0 Å². The van der Waals surface area contributed by atoms with Gasteiger partial charge in [0.05, 0.1) is 6.54 Å². The van der Waals surface area contributed by atoms with Gasteiger partial charge in [-0.05, 0) is 18.9 Å². The molecule has 25 heavy (non-hydrogen) atoms. The molecule has 8 nitrogen and oxygen atoms in total. The van der Waals surface area contributed by atoms with Crippen molar-refractivity contribution in [3.63, 3.8) is 0 Å². The molecule has 1 atom stereocenters. The summed E-state index contributed by atoms with van der Waals surface area (Å²) in [4.78, 5) is 39.3. The molecule has 4 rings (SSSR count). The highest BCUT2D eigenvalue weighted by atomic mass is 16.2. The third-order valence-electron chi connectivity index (χ3n) is 5.43. The van der Waals surface area contributed by atoms with E-state index in [1.807, 2.05) is 9.80 Å². The normalized spacial score (nSPS) is 24.7. The lowest BCUT2D eigenvalue weighted by atomic mass is 10.2. The number of rotatable bonds is 3. The highest BCUT2D eigenvalue weighted by Crippen LogP contribution is 2.26. The van der Waals surface area contributed by atoms with Crippen LogP contribution in [0.4, 0.5) is 10.7 Å². The Kier molecular flexibility index (Phi) is 4.42. The maximum atomic E-state index is 12.8. The van der Waals surface area contributed by atoms with E-state index in [9.17, 15) is 9.59 Å². The van der Waals surface area contributed by atoms with Crippen LogP contribution in [0, 0.1) is 0 Å². The molecule has 3 heterocycles. The largest absolute Gasteiger partial charge is 0.337 e. The Balaban J connectivity index is 1.32. The van der Waals surface area contributed by atoms with E-state index in [4.69, 9.17) is 0 Å². The fourth-order valence-corrected chi connectivity index (χ4v) is 4.03. The van der Waals surface area contributed by atoms with Crippen LogP contribution in [-0.4, -0.2) is 76.5 Å². The van der Waals surface area contributed by atoms with Crippen molar-refractivity contribution in [1.82, 2.24) is 25.1 Å². The topological polar surface area (TPSA) is 81.7 Å². The molecule has 1 aliphatic carbocycles. The second-order valence-corrected chi connectivity index (χ2v) is 6.95. The lowest BCUT2D eigenvalue weighted by molar-refractivity contribution is -0.133. The third kappa shape index (κ3) is 3.25. The van der Waals surface area contributed by atoms with Crippen molar-refractivity contribution >= 4 is 17.9 Å². The first-order chi connectivity index (χ1) is 12.2. The van der Waals surface area contributed by atoms with Gasteiger partial charge in [0.1, 0.15) is 6.04 Å². The van der Waals surface area contributed by atoms with Crippen LogP contribution in [0.1, 0.15) is 25.7 Å². The van der Waals surface area contributed by atoms with Gasteiger partial charge >= 0.3 is 6.03 Å². The van der Waals surface area contributed by atoms with Crippen molar-refractivity contribution < 1.29 is 9.59 Å². The van der Waals surface area contributed by atoms with Gasteiger partial charge < -0.3 is 20.0 Å². The Morgan fingerprint density at radius 2 is 1.76 bits per heavy atom. The molecule has 2 saturated heterocycles. The molecule has 3 aliphatic rings. The number of urea groups is 1. The third-order valence-corrected chi connectivity index (χ3v) is 5.43. The number of aromatic nitrogens is 2. The fourth-order valence-electron chi connectivity index (χ4n) is 4.03. The van der Waals surface area contributed by atoms with Gasteiger partial charge in [0.25, 0.3) is 0 Å². The number of nitrogens with one attached hydrogen (secondary N) is 1. The van der Waals surface area contributed by atoms with Crippen molar-refractivity contribution in [2.45, 2.75) is 37.8 Å². The summed E-state index contributed by atoms with van der Waals surface area (Å²) in [6, 6.07) is 1.61. The van der Waals surface area contributed by atoms with Crippen LogP contribution in [0.5, 0.6) is 0 Å². The monoisotopic (exact) mass is 344 g/mol. The number of piperazine rings is 1. The Morgan fingerprint density at radius 1 is 1.08 bits per heavy atom. The lowest BCUT2D eigenvalue weighted by Gasteiger charge is -2.35. The van der Waals surface area contributed by atoms with E-state index in [0.717, 1.165) is 12.8 Å². The number of nitrogens with zero attached hydrogens (tertiary/aromatic N) is 5. The molecule has 1 aromatic rings. The Labute approximate surface area is 147 Å². The minimum absolute atomic E-state index is 0.0301. The summed E-state index contributed by atoms with van der Waals surface area (Å²) in [5.41, 5.74) is 0. The van der Waals surface area contributed by atoms with E-state index in [1.165, 1.54) is 12.8 Å². The maximum Gasteiger partial charge on any atom is 0.318 e. The number of carbonyl (C=O) groups excluding carboxylic acids is 2.